The Morgan fingerprint density at radius 2 is 0.789 bits per heavy atom. The number of benzene rings is 10. The summed E-state index contributed by atoms with van der Waals surface area (Å²) in [7, 11) is 0. The summed E-state index contributed by atoms with van der Waals surface area (Å²) in [4.78, 5) is 18.0. The molecule has 10 aromatic carbocycles. The molecule has 71 heavy (non-hydrogen) atoms. The van der Waals surface area contributed by atoms with Crippen LogP contribution in [0.3, 0.4) is 0 Å². The summed E-state index contributed by atoms with van der Waals surface area (Å²) in [6.07, 6.45) is 0. The first-order valence-corrected chi connectivity index (χ1v) is 24.3. The number of fused-ring (bicyclic) bond motifs is 6. The van der Waals surface area contributed by atoms with Crippen molar-refractivity contribution in [3.05, 3.63) is 260 Å². The van der Waals surface area contributed by atoms with Crippen molar-refractivity contribution in [3.63, 3.8) is 0 Å². The molecule has 0 aliphatic heterocycles. The molecule has 5 heteroatoms. The molecule has 0 saturated carbocycles. The maximum absolute atomic E-state index is 5.28. The quantitative estimate of drug-likeness (QED) is 0.145. The van der Waals surface area contributed by atoms with Gasteiger partial charge in [-0.1, -0.05) is 202 Å². The predicted molar refractivity (Wildman–Crippen MR) is 294 cm³/mol. The minimum atomic E-state index is -0.196. The molecular formula is C66H47N5. The number of aromatic nitrogens is 4. The molecule has 0 saturated heterocycles. The van der Waals surface area contributed by atoms with E-state index in [4.69, 9.17) is 15.0 Å². The van der Waals surface area contributed by atoms with Crippen LogP contribution >= 0.6 is 0 Å². The van der Waals surface area contributed by atoms with Crippen molar-refractivity contribution in [3.8, 4) is 73.2 Å². The fourth-order valence-corrected chi connectivity index (χ4v) is 10.6. The van der Waals surface area contributed by atoms with Crippen LogP contribution in [0.15, 0.2) is 249 Å². The zero-order valence-electron chi connectivity index (χ0n) is 39.4. The van der Waals surface area contributed by atoms with E-state index in [2.05, 4.69) is 236 Å². The molecule has 0 spiro atoms. The van der Waals surface area contributed by atoms with Gasteiger partial charge in [-0.25, -0.2) is 4.98 Å². The van der Waals surface area contributed by atoms with Gasteiger partial charge in [0.25, 0.3) is 0 Å². The normalized spacial score (nSPS) is 12.5. The van der Waals surface area contributed by atoms with Crippen LogP contribution in [0.2, 0.25) is 0 Å². The number of hydrogen-bond donors (Lipinski definition) is 0. The molecule has 0 radical (unpaired) electrons. The summed E-state index contributed by atoms with van der Waals surface area (Å²) < 4.78 is 2.25. The molecule has 336 valence electrons. The molecule has 0 unspecified atom stereocenters. The van der Waals surface area contributed by atoms with Crippen LogP contribution in [0.25, 0.3) is 95.0 Å². The lowest BCUT2D eigenvalue weighted by molar-refractivity contribution is 0.661. The Bertz CT molecular complexity index is 3860. The van der Waals surface area contributed by atoms with Crippen LogP contribution in [-0.4, -0.2) is 19.5 Å². The molecule has 0 amide bonds. The van der Waals surface area contributed by atoms with Crippen molar-refractivity contribution in [1.29, 1.82) is 0 Å². The van der Waals surface area contributed by atoms with Crippen molar-refractivity contribution in [1.82, 2.24) is 19.5 Å². The molecule has 1 aliphatic carbocycles. The summed E-state index contributed by atoms with van der Waals surface area (Å²) in [6, 6.07) is 88.8. The number of hydrogen-bond acceptors (Lipinski definition) is 4. The van der Waals surface area contributed by atoms with E-state index in [1.165, 1.54) is 44.5 Å². The van der Waals surface area contributed by atoms with Gasteiger partial charge in [-0.15, -0.1) is 0 Å². The Morgan fingerprint density at radius 3 is 1.39 bits per heavy atom. The fraction of sp³-hybridized carbons (Fsp3) is 0.0455. The van der Waals surface area contributed by atoms with Crippen LogP contribution in [0, 0.1) is 0 Å². The maximum Gasteiger partial charge on any atom is 0.238 e. The fourth-order valence-electron chi connectivity index (χ4n) is 10.6. The van der Waals surface area contributed by atoms with Gasteiger partial charge in [-0.2, -0.15) is 9.97 Å². The van der Waals surface area contributed by atoms with Gasteiger partial charge < -0.3 is 4.90 Å². The Balaban J connectivity index is 0.965. The highest BCUT2D eigenvalue weighted by Gasteiger charge is 2.36. The molecule has 2 aromatic heterocycles. The van der Waals surface area contributed by atoms with Crippen molar-refractivity contribution in [2.45, 2.75) is 19.3 Å². The van der Waals surface area contributed by atoms with Gasteiger partial charge in [0.1, 0.15) is 0 Å². The second-order valence-corrected chi connectivity index (χ2v) is 18.9. The third-order valence-corrected chi connectivity index (χ3v) is 14.3. The van der Waals surface area contributed by atoms with Gasteiger partial charge >= 0.3 is 0 Å². The zero-order chi connectivity index (χ0) is 47.5. The smallest absolute Gasteiger partial charge is 0.238 e. The van der Waals surface area contributed by atoms with Crippen LogP contribution in [0.5, 0.6) is 0 Å². The third kappa shape index (κ3) is 7.38. The van der Waals surface area contributed by atoms with E-state index >= 15 is 0 Å². The minimum absolute atomic E-state index is 0.196. The third-order valence-electron chi connectivity index (χ3n) is 14.3. The molecular weight excluding hydrogens is 863 g/mol. The Labute approximate surface area is 413 Å². The van der Waals surface area contributed by atoms with E-state index in [1.54, 1.807) is 0 Å². The second-order valence-electron chi connectivity index (χ2n) is 18.9. The minimum Gasteiger partial charge on any atom is -0.310 e. The van der Waals surface area contributed by atoms with E-state index in [9.17, 15) is 0 Å². The van der Waals surface area contributed by atoms with Gasteiger partial charge in [0.2, 0.25) is 5.95 Å². The summed E-state index contributed by atoms with van der Waals surface area (Å²) in [5, 5.41) is 2.28. The van der Waals surface area contributed by atoms with Gasteiger partial charge in [0.15, 0.2) is 11.6 Å². The molecule has 0 fully saturated rings. The van der Waals surface area contributed by atoms with Crippen molar-refractivity contribution in [2.75, 3.05) is 4.90 Å². The molecule has 13 rings (SSSR count). The largest absolute Gasteiger partial charge is 0.310 e. The van der Waals surface area contributed by atoms with Crippen LogP contribution < -0.4 is 4.90 Å². The SMILES string of the molecule is CC1(C)c2ccccc2-c2cc3c4cc(-c5ccc(N(c6ccc(-c7ccccc7)cc6)c6cccc(-c7ccccc7)c6)cc5)ccc4n(-c4nc(-c5ccccc5)nc(-c5ccccc5)n4)c3cc21. The summed E-state index contributed by atoms with van der Waals surface area (Å²) in [5.41, 5.74) is 19.2. The number of nitrogens with zero attached hydrogens (tertiary/aromatic N) is 5. The summed E-state index contributed by atoms with van der Waals surface area (Å²) >= 11 is 0. The average molecular weight is 910 g/mol. The molecule has 0 bridgehead atoms. The van der Waals surface area contributed by atoms with Crippen molar-refractivity contribution < 1.29 is 0 Å². The first-order chi connectivity index (χ1) is 34.9. The highest BCUT2D eigenvalue weighted by molar-refractivity contribution is 6.12. The van der Waals surface area contributed by atoms with Crippen LogP contribution in [0.4, 0.5) is 17.1 Å². The highest BCUT2D eigenvalue weighted by Crippen LogP contribution is 2.51. The van der Waals surface area contributed by atoms with E-state index < -0.39 is 0 Å². The molecule has 12 aromatic rings. The Kier molecular flexibility index (Phi) is 10.1. The molecule has 0 atom stereocenters. The van der Waals surface area contributed by atoms with Crippen molar-refractivity contribution in [2.24, 2.45) is 0 Å². The average Bonchev–Trinajstić information content (AvgIpc) is 3.88. The van der Waals surface area contributed by atoms with Crippen LogP contribution in [0.1, 0.15) is 25.0 Å². The van der Waals surface area contributed by atoms with Gasteiger partial charge in [-0.05, 0) is 116 Å². The first-order valence-electron chi connectivity index (χ1n) is 24.3. The van der Waals surface area contributed by atoms with Gasteiger partial charge in [0.05, 0.1) is 11.0 Å². The lowest BCUT2D eigenvalue weighted by atomic mass is 9.82. The lowest BCUT2D eigenvalue weighted by Crippen LogP contribution is -2.15. The van der Waals surface area contributed by atoms with E-state index in [0.717, 1.165) is 61.1 Å². The lowest BCUT2D eigenvalue weighted by Gasteiger charge is -2.26. The first kappa shape index (κ1) is 42.0. The monoisotopic (exact) mass is 909 g/mol. The van der Waals surface area contributed by atoms with Crippen molar-refractivity contribution >= 4 is 38.9 Å². The Morgan fingerprint density at radius 1 is 0.324 bits per heavy atom. The molecule has 1 aliphatic rings. The Hall–Kier alpha value is -9.19. The number of anilines is 3. The maximum atomic E-state index is 5.28. The van der Waals surface area contributed by atoms with Crippen LogP contribution in [-0.2, 0) is 5.41 Å². The highest BCUT2D eigenvalue weighted by atomic mass is 15.2. The van der Waals surface area contributed by atoms with Gasteiger partial charge in [-0.3, -0.25) is 4.57 Å². The summed E-state index contributed by atoms with van der Waals surface area (Å²) in [5.74, 6) is 1.84. The molecule has 5 nitrogen and oxygen atoms in total. The summed E-state index contributed by atoms with van der Waals surface area (Å²) in [6.45, 7) is 4.67. The van der Waals surface area contributed by atoms with E-state index in [-0.39, 0.29) is 5.41 Å². The zero-order valence-corrected chi connectivity index (χ0v) is 39.4. The molecule has 2 heterocycles. The predicted octanol–water partition coefficient (Wildman–Crippen LogP) is 17.1. The van der Waals surface area contributed by atoms with E-state index in [0.29, 0.717) is 17.6 Å². The number of rotatable bonds is 9. The topological polar surface area (TPSA) is 46.8 Å². The van der Waals surface area contributed by atoms with Gasteiger partial charge in [0, 0.05) is 44.4 Å². The second kappa shape index (κ2) is 17.1. The van der Waals surface area contributed by atoms with E-state index in [1.807, 2.05) is 36.4 Å². The standard InChI is InChI=1S/C66H47N5/c1-66(2)59-29-16-15-28-55(59)56-42-58-57-41-51(34-39-61(57)71(62(58)43-60(56)66)65-68-63(48-22-11-5-12-23-48)67-64(69-65)49-24-13-6-14-25-49)47-32-37-53(38-33-47)70(52-35-30-46(31-36-52)44-18-7-3-8-19-44)54-27-17-26-50(40-54)45-20-9-4-10-21-45/h3-43H,1-2H3. The molecule has 0 N–H and O–H groups in total.